The van der Waals surface area contributed by atoms with Crippen molar-refractivity contribution in [1.82, 2.24) is 10.2 Å². The van der Waals surface area contributed by atoms with Gasteiger partial charge in [0.1, 0.15) is 0 Å². The molecule has 0 aliphatic carbocycles. The third-order valence-electron chi connectivity index (χ3n) is 1.91. The number of nitrogens with one attached hydrogen (secondary N) is 1. The Bertz CT molecular complexity index is 145. The zero-order valence-corrected chi connectivity index (χ0v) is 7.60. The van der Waals surface area contributed by atoms with Gasteiger partial charge in [-0.05, 0) is 6.54 Å². The summed E-state index contributed by atoms with van der Waals surface area (Å²) in [4.78, 5) is 13.1. The van der Waals surface area contributed by atoms with Crippen molar-refractivity contribution in [1.29, 1.82) is 0 Å². The van der Waals surface area contributed by atoms with Crippen molar-refractivity contribution in [3.05, 3.63) is 0 Å². The molecule has 1 fully saturated rings. The number of likely N-dealkylation sites (tertiary alicyclic amines) is 1. The van der Waals surface area contributed by atoms with E-state index >= 15 is 0 Å². The maximum atomic E-state index is 10.8. The van der Waals surface area contributed by atoms with Crippen LogP contribution in [-0.4, -0.2) is 42.2 Å². The van der Waals surface area contributed by atoms with Gasteiger partial charge in [-0.2, -0.15) is 12.6 Å². The predicted octanol–water partition coefficient (Wildman–Crippen LogP) is -0.263. The summed E-state index contributed by atoms with van der Waals surface area (Å²) in [6.07, 6.45) is 0. The predicted molar refractivity (Wildman–Crippen MR) is 47.9 cm³/mol. The van der Waals surface area contributed by atoms with Gasteiger partial charge in [0.2, 0.25) is 5.91 Å². The first-order chi connectivity index (χ1) is 5.26. The fraction of sp³-hybridized carbons (Fsp3) is 0.857. The lowest BCUT2D eigenvalue weighted by Gasteiger charge is -2.38. The normalized spacial score (nSPS) is 19.5. The Morgan fingerprint density at radius 2 is 2.36 bits per heavy atom. The van der Waals surface area contributed by atoms with E-state index in [2.05, 4.69) is 29.8 Å². The molecule has 0 atom stereocenters. The van der Waals surface area contributed by atoms with Crippen LogP contribution in [0.15, 0.2) is 0 Å². The molecule has 0 aromatic rings. The molecular weight excluding hydrogens is 160 g/mol. The van der Waals surface area contributed by atoms with Gasteiger partial charge in [-0.15, -0.1) is 0 Å². The molecule has 1 rings (SSSR count). The van der Waals surface area contributed by atoms with Gasteiger partial charge in [0, 0.05) is 13.1 Å². The van der Waals surface area contributed by atoms with Crippen LogP contribution in [0.25, 0.3) is 0 Å². The van der Waals surface area contributed by atoms with E-state index in [0.29, 0.717) is 11.8 Å². The minimum Gasteiger partial charge on any atom is -0.350 e. The highest BCUT2D eigenvalue weighted by atomic mass is 32.1. The molecule has 0 bridgehead atoms. The van der Waals surface area contributed by atoms with Gasteiger partial charge >= 0.3 is 0 Å². The number of carbonyl (C=O) groups excluding carboxylic acids is 1. The van der Waals surface area contributed by atoms with E-state index in [1.54, 1.807) is 0 Å². The van der Waals surface area contributed by atoms with Gasteiger partial charge in [-0.25, -0.2) is 0 Å². The van der Waals surface area contributed by atoms with E-state index in [4.69, 9.17) is 0 Å². The molecule has 64 valence electrons. The van der Waals surface area contributed by atoms with Crippen molar-refractivity contribution < 1.29 is 4.79 Å². The average molecular weight is 174 g/mol. The summed E-state index contributed by atoms with van der Waals surface area (Å²) in [5, 5.41) is 2.87. The quantitative estimate of drug-likeness (QED) is 0.578. The second-order valence-electron chi connectivity index (χ2n) is 2.77. The van der Waals surface area contributed by atoms with Gasteiger partial charge in [-0.1, -0.05) is 6.92 Å². The smallest absolute Gasteiger partial charge is 0.230 e. The Balaban J connectivity index is 2.08. The summed E-state index contributed by atoms with van der Waals surface area (Å²) in [5.74, 6) is 0.330. The van der Waals surface area contributed by atoms with Gasteiger partial charge in [0.05, 0.1) is 11.8 Å². The largest absolute Gasteiger partial charge is 0.350 e. The third kappa shape index (κ3) is 2.38. The topological polar surface area (TPSA) is 32.3 Å². The second kappa shape index (κ2) is 3.97. The molecular formula is C7H14N2OS. The van der Waals surface area contributed by atoms with Crippen LogP contribution in [0.5, 0.6) is 0 Å². The third-order valence-corrected chi connectivity index (χ3v) is 2.20. The number of carbonyl (C=O) groups is 1. The van der Waals surface area contributed by atoms with Crippen LogP contribution < -0.4 is 5.32 Å². The lowest BCUT2D eigenvalue weighted by atomic mass is 10.1. The molecule has 3 nitrogen and oxygen atoms in total. The number of amides is 1. The number of rotatable bonds is 3. The SMILES string of the molecule is CCN1CC(NC(=O)CS)C1. The average Bonchev–Trinajstić information content (AvgIpc) is 1.95. The number of likely N-dealkylation sites (N-methyl/N-ethyl adjacent to an activating group) is 1. The van der Waals surface area contributed by atoms with Crippen LogP contribution in [0.4, 0.5) is 0 Å². The van der Waals surface area contributed by atoms with Crippen molar-refractivity contribution in [2.24, 2.45) is 0 Å². The van der Waals surface area contributed by atoms with E-state index < -0.39 is 0 Å². The molecule has 0 saturated carbocycles. The Morgan fingerprint density at radius 3 is 2.82 bits per heavy atom. The van der Waals surface area contributed by atoms with Crippen LogP contribution in [0.3, 0.4) is 0 Å². The van der Waals surface area contributed by atoms with E-state index in [1.807, 2.05) is 0 Å². The summed E-state index contributed by atoms with van der Waals surface area (Å²) in [6.45, 7) is 5.19. The number of nitrogens with zero attached hydrogens (tertiary/aromatic N) is 1. The molecule has 0 aromatic carbocycles. The van der Waals surface area contributed by atoms with Gasteiger partial charge in [0.25, 0.3) is 0 Å². The van der Waals surface area contributed by atoms with E-state index in [-0.39, 0.29) is 5.91 Å². The summed E-state index contributed by atoms with van der Waals surface area (Å²) in [5.41, 5.74) is 0. The Kier molecular flexibility index (Phi) is 3.20. The van der Waals surface area contributed by atoms with Crippen molar-refractivity contribution in [3.8, 4) is 0 Å². The molecule has 0 radical (unpaired) electrons. The van der Waals surface area contributed by atoms with Crippen molar-refractivity contribution in [2.45, 2.75) is 13.0 Å². The van der Waals surface area contributed by atoms with Gasteiger partial charge < -0.3 is 5.32 Å². The highest BCUT2D eigenvalue weighted by molar-refractivity contribution is 7.81. The monoisotopic (exact) mass is 174 g/mol. The molecule has 0 aromatic heterocycles. The molecule has 1 N–H and O–H groups in total. The van der Waals surface area contributed by atoms with E-state index in [9.17, 15) is 4.79 Å². The number of thiol groups is 1. The summed E-state index contributed by atoms with van der Waals surface area (Å²) in [6, 6.07) is 0.370. The van der Waals surface area contributed by atoms with Crippen LogP contribution in [0, 0.1) is 0 Å². The zero-order chi connectivity index (χ0) is 8.27. The second-order valence-corrected chi connectivity index (χ2v) is 3.09. The van der Waals surface area contributed by atoms with Crippen LogP contribution in [0.1, 0.15) is 6.92 Å². The minimum absolute atomic E-state index is 0.0362. The highest BCUT2D eigenvalue weighted by Crippen LogP contribution is 2.05. The molecule has 0 unspecified atom stereocenters. The van der Waals surface area contributed by atoms with Gasteiger partial charge in [0.15, 0.2) is 0 Å². The zero-order valence-electron chi connectivity index (χ0n) is 6.71. The fourth-order valence-electron chi connectivity index (χ4n) is 1.19. The van der Waals surface area contributed by atoms with Crippen LogP contribution >= 0.6 is 12.6 Å². The molecule has 11 heavy (non-hydrogen) atoms. The first kappa shape index (κ1) is 8.87. The first-order valence-electron chi connectivity index (χ1n) is 3.88. The Hall–Kier alpha value is -0.220. The van der Waals surface area contributed by atoms with Crippen LogP contribution in [0.2, 0.25) is 0 Å². The number of hydrogen-bond donors (Lipinski definition) is 2. The van der Waals surface area contributed by atoms with E-state index in [1.165, 1.54) is 0 Å². The Labute approximate surface area is 72.5 Å². The lowest BCUT2D eigenvalue weighted by molar-refractivity contribution is -0.120. The molecule has 0 spiro atoms. The van der Waals surface area contributed by atoms with Crippen LogP contribution in [-0.2, 0) is 4.79 Å². The molecule has 1 heterocycles. The molecule has 4 heteroatoms. The molecule has 1 aliphatic heterocycles. The number of hydrogen-bond acceptors (Lipinski definition) is 3. The molecule has 1 saturated heterocycles. The summed E-state index contributed by atoms with van der Waals surface area (Å²) in [7, 11) is 0. The highest BCUT2D eigenvalue weighted by Gasteiger charge is 2.25. The van der Waals surface area contributed by atoms with Crippen molar-refractivity contribution >= 4 is 18.5 Å². The van der Waals surface area contributed by atoms with Gasteiger partial charge in [-0.3, -0.25) is 9.69 Å². The Morgan fingerprint density at radius 1 is 1.73 bits per heavy atom. The molecule has 1 aliphatic rings. The molecule has 1 amide bonds. The standard InChI is InChI=1S/C7H14N2OS/c1-2-9-3-6(4-9)8-7(10)5-11/h6,11H,2-5H2,1H3,(H,8,10). The maximum Gasteiger partial charge on any atom is 0.230 e. The van der Waals surface area contributed by atoms with E-state index in [0.717, 1.165) is 19.6 Å². The lowest BCUT2D eigenvalue weighted by Crippen LogP contribution is -2.59. The first-order valence-corrected chi connectivity index (χ1v) is 4.52. The fourth-order valence-corrected chi connectivity index (χ4v) is 1.28. The summed E-state index contributed by atoms with van der Waals surface area (Å²) < 4.78 is 0. The van der Waals surface area contributed by atoms with Crippen molar-refractivity contribution in [2.75, 3.05) is 25.4 Å². The maximum absolute atomic E-state index is 10.8. The summed E-state index contributed by atoms with van der Waals surface area (Å²) >= 11 is 3.87. The van der Waals surface area contributed by atoms with Crippen molar-refractivity contribution in [3.63, 3.8) is 0 Å². The minimum atomic E-state index is 0.0362.